The Morgan fingerprint density at radius 3 is 2.93 bits per heavy atom. The summed E-state index contributed by atoms with van der Waals surface area (Å²) in [5, 5.41) is 8.85. The Hall–Kier alpha value is -1.27. The van der Waals surface area contributed by atoms with Crippen molar-refractivity contribution in [3.8, 4) is 6.07 Å². The van der Waals surface area contributed by atoms with E-state index in [-0.39, 0.29) is 5.92 Å². The van der Waals surface area contributed by atoms with Gasteiger partial charge in [-0.25, -0.2) is 0 Å². The summed E-state index contributed by atoms with van der Waals surface area (Å²) < 4.78 is 0. The minimum atomic E-state index is 0.103. The van der Waals surface area contributed by atoms with Gasteiger partial charge in [0.1, 0.15) is 12.4 Å². The van der Waals surface area contributed by atoms with Crippen molar-refractivity contribution in [3.05, 3.63) is 29.8 Å². The third-order valence-corrected chi connectivity index (χ3v) is 3.18. The van der Waals surface area contributed by atoms with Gasteiger partial charge in [-0.05, 0) is 24.3 Å². The largest absolute Gasteiger partial charge is 0.303 e. The molecular weight excluding hydrogens is 206 g/mol. The number of hydrogen-bond donors (Lipinski definition) is 0. The van der Waals surface area contributed by atoms with E-state index in [2.05, 4.69) is 6.07 Å². The van der Waals surface area contributed by atoms with E-state index in [4.69, 9.17) is 5.26 Å². The highest BCUT2D eigenvalue weighted by Gasteiger charge is 2.03. The molecular formula is C12H13NOS. The second kappa shape index (κ2) is 6.26. The van der Waals surface area contributed by atoms with Crippen molar-refractivity contribution in [1.29, 1.82) is 5.26 Å². The van der Waals surface area contributed by atoms with Gasteiger partial charge in [-0.1, -0.05) is 19.1 Å². The standard InChI is InChI=1S/C12H13NOS/c1-10(9-14)6-7-15-12-5-3-2-4-11(12)8-13/h2-5,9-10H,6-7H2,1H3. The van der Waals surface area contributed by atoms with Gasteiger partial charge in [0.15, 0.2) is 0 Å². The lowest BCUT2D eigenvalue weighted by atomic mass is 10.1. The monoisotopic (exact) mass is 219 g/mol. The fraction of sp³-hybridized carbons (Fsp3) is 0.333. The average Bonchev–Trinajstić information content (AvgIpc) is 2.29. The second-order valence-corrected chi connectivity index (χ2v) is 4.50. The minimum absolute atomic E-state index is 0.103. The fourth-order valence-corrected chi connectivity index (χ4v) is 2.26. The average molecular weight is 219 g/mol. The Kier molecular flexibility index (Phi) is 4.92. The zero-order valence-corrected chi connectivity index (χ0v) is 9.46. The van der Waals surface area contributed by atoms with Gasteiger partial charge < -0.3 is 4.79 Å². The molecule has 0 heterocycles. The Morgan fingerprint density at radius 2 is 2.27 bits per heavy atom. The fourth-order valence-electron chi connectivity index (χ4n) is 1.11. The van der Waals surface area contributed by atoms with Crippen molar-refractivity contribution < 1.29 is 4.79 Å². The number of carbonyl (C=O) groups is 1. The van der Waals surface area contributed by atoms with Crippen LogP contribution < -0.4 is 0 Å². The van der Waals surface area contributed by atoms with E-state index < -0.39 is 0 Å². The summed E-state index contributed by atoms with van der Waals surface area (Å²) in [6.07, 6.45) is 1.82. The lowest BCUT2D eigenvalue weighted by Crippen LogP contribution is -1.97. The smallest absolute Gasteiger partial charge is 0.122 e. The van der Waals surface area contributed by atoms with E-state index in [9.17, 15) is 4.79 Å². The van der Waals surface area contributed by atoms with Gasteiger partial charge in [-0.2, -0.15) is 5.26 Å². The molecule has 0 bridgehead atoms. The SMILES string of the molecule is CC(C=O)CCSc1ccccc1C#N. The predicted molar refractivity (Wildman–Crippen MR) is 61.7 cm³/mol. The quantitative estimate of drug-likeness (QED) is 0.564. The van der Waals surface area contributed by atoms with Crippen molar-refractivity contribution in [1.82, 2.24) is 0 Å². The van der Waals surface area contributed by atoms with Crippen LogP contribution in [0.2, 0.25) is 0 Å². The number of nitriles is 1. The maximum Gasteiger partial charge on any atom is 0.122 e. The van der Waals surface area contributed by atoms with Crippen LogP contribution in [0.25, 0.3) is 0 Å². The first kappa shape index (κ1) is 11.8. The first-order valence-corrected chi connectivity index (χ1v) is 5.83. The molecule has 78 valence electrons. The van der Waals surface area contributed by atoms with Crippen LogP contribution in [0.3, 0.4) is 0 Å². The molecule has 1 rings (SSSR count). The first-order valence-electron chi connectivity index (χ1n) is 4.85. The zero-order chi connectivity index (χ0) is 11.1. The number of benzene rings is 1. The van der Waals surface area contributed by atoms with Gasteiger partial charge in [-0.3, -0.25) is 0 Å². The van der Waals surface area contributed by atoms with Crippen LogP contribution in [0.4, 0.5) is 0 Å². The highest BCUT2D eigenvalue weighted by Crippen LogP contribution is 2.23. The number of hydrogen-bond acceptors (Lipinski definition) is 3. The molecule has 0 N–H and O–H groups in total. The molecule has 0 fully saturated rings. The molecule has 15 heavy (non-hydrogen) atoms. The van der Waals surface area contributed by atoms with Crippen molar-refractivity contribution in [2.75, 3.05) is 5.75 Å². The Morgan fingerprint density at radius 1 is 1.53 bits per heavy atom. The van der Waals surface area contributed by atoms with Crippen LogP contribution in [0.5, 0.6) is 0 Å². The Bertz CT molecular complexity index is 370. The molecule has 1 atom stereocenters. The summed E-state index contributed by atoms with van der Waals surface area (Å²) in [7, 11) is 0. The van der Waals surface area contributed by atoms with Crippen LogP contribution in [0, 0.1) is 17.2 Å². The molecule has 1 aromatic rings. The van der Waals surface area contributed by atoms with Crippen molar-refractivity contribution in [3.63, 3.8) is 0 Å². The van der Waals surface area contributed by atoms with Crippen LogP contribution in [0.1, 0.15) is 18.9 Å². The minimum Gasteiger partial charge on any atom is -0.303 e. The molecule has 0 amide bonds. The van der Waals surface area contributed by atoms with E-state index in [1.165, 1.54) is 0 Å². The maximum absolute atomic E-state index is 10.4. The van der Waals surface area contributed by atoms with Crippen LogP contribution in [-0.2, 0) is 4.79 Å². The Labute approximate surface area is 94.3 Å². The number of thioether (sulfide) groups is 1. The molecule has 0 aromatic heterocycles. The topological polar surface area (TPSA) is 40.9 Å². The molecule has 0 aliphatic heterocycles. The van der Waals surface area contributed by atoms with Gasteiger partial charge in [0.2, 0.25) is 0 Å². The highest BCUT2D eigenvalue weighted by atomic mass is 32.2. The van der Waals surface area contributed by atoms with E-state index in [0.29, 0.717) is 5.56 Å². The van der Waals surface area contributed by atoms with Crippen LogP contribution in [-0.4, -0.2) is 12.0 Å². The summed E-state index contributed by atoms with van der Waals surface area (Å²) in [4.78, 5) is 11.4. The third kappa shape index (κ3) is 3.77. The first-order chi connectivity index (χ1) is 7.27. The van der Waals surface area contributed by atoms with E-state index >= 15 is 0 Å². The van der Waals surface area contributed by atoms with Crippen molar-refractivity contribution in [2.45, 2.75) is 18.2 Å². The highest BCUT2D eigenvalue weighted by molar-refractivity contribution is 7.99. The normalized spacial score (nSPS) is 11.7. The maximum atomic E-state index is 10.4. The molecule has 1 unspecified atom stereocenters. The predicted octanol–water partition coefficient (Wildman–Crippen LogP) is 2.88. The summed E-state index contributed by atoms with van der Waals surface area (Å²) in [6, 6.07) is 9.69. The lowest BCUT2D eigenvalue weighted by Gasteiger charge is -2.04. The number of aldehydes is 1. The van der Waals surface area contributed by atoms with Crippen LogP contribution in [0.15, 0.2) is 29.2 Å². The molecule has 0 saturated carbocycles. The molecule has 2 nitrogen and oxygen atoms in total. The lowest BCUT2D eigenvalue weighted by molar-refractivity contribution is -0.110. The molecule has 0 aliphatic carbocycles. The number of rotatable bonds is 5. The van der Waals surface area contributed by atoms with E-state index in [1.807, 2.05) is 31.2 Å². The van der Waals surface area contributed by atoms with Crippen LogP contribution >= 0.6 is 11.8 Å². The molecule has 0 spiro atoms. The van der Waals surface area contributed by atoms with Gasteiger partial charge in [0.05, 0.1) is 5.56 Å². The Balaban J connectivity index is 2.51. The number of nitrogens with zero attached hydrogens (tertiary/aromatic N) is 1. The molecule has 0 radical (unpaired) electrons. The summed E-state index contributed by atoms with van der Waals surface area (Å²) in [6.45, 7) is 1.91. The summed E-state index contributed by atoms with van der Waals surface area (Å²) in [5.74, 6) is 0.977. The van der Waals surface area contributed by atoms with Crippen molar-refractivity contribution in [2.24, 2.45) is 5.92 Å². The third-order valence-electron chi connectivity index (χ3n) is 2.07. The van der Waals surface area contributed by atoms with Gasteiger partial charge in [-0.15, -0.1) is 11.8 Å². The van der Waals surface area contributed by atoms with E-state index in [1.54, 1.807) is 11.8 Å². The number of carbonyl (C=O) groups excluding carboxylic acids is 1. The molecule has 0 aliphatic rings. The van der Waals surface area contributed by atoms with Gasteiger partial charge in [0.25, 0.3) is 0 Å². The van der Waals surface area contributed by atoms with Gasteiger partial charge >= 0.3 is 0 Å². The van der Waals surface area contributed by atoms with Gasteiger partial charge in [0, 0.05) is 10.8 Å². The van der Waals surface area contributed by atoms with Crippen molar-refractivity contribution >= 4 is 18.0 Å². The molecule has 0 saturated heterocycles. The summed E-state index contributed by atoms with van der Waals surface area (Å²) >= 11 is 1.63. The zero-order valence-electron chi connectivity index (χ0n) is 8.64. The van der Waals surface area contributed by atoms with E-state index in [0.717, 1.165) is 23.4 Å². The molecule has 3 heteroatoms. The second-order valence-electron chi connectivity index (χ2n) is 3.36. The molecule has 1 aromatic carbocycles. The summed E-state index contributed by atoms with van der Waals surface area (Å²) in [5.41, 5.74) is 0.709.